The highest BCUT2D eigenvalue weighted by Crippen LogP contribution is 2.16. The van der Waals surface area contributed by atoms with Crippen molar-refractivity contribution in [2.24, 2.45) is 0 Å². The van der Waals surface area contributed by atoms with E-state index in [2.05, 4.69) is 22.1 Å². The minimum Gasteiger partial charge on any atom is -0.494 e. The Balaban J connectivity index is 1.96. The Morgan fingerprint density at radius 2 is 1.82 bits per heavy atom. The van der Waals surface area contributed by atoms with Crippen LogP contribution < -0.4 is 10.1 Å². The van der Waals surface area contributed by atoms with Crippen LogP contribution in [0.1, 0.15) is 19.4 Å². The highest BCUT2D eigenvalue weighted by Gasteiger charge is 2.08. The summed E-state index contributed by atoms with van der Waals surface area (Å²) in [5, 5.41) is 3.98. The molecule has 22 heavy (non-hydrogen) atoms. The monoisotopic (exact) mass is 315 g/mol. The Morgan fingerprint density at radius 3 is 2.41 bits per heavy atom. The first-order valence-corrected chi connectivity index (χ1v) is 7.81. The number of hydrogen-bond donors (Lipinski definition) is 1. The number of pyridine rings is 1. The molecule has 0 unspecified atom stereocenters. The zero-order chi connectivity index (χ0) is 15.8. The molecule has 2 rings (SSSR count). The van der Waals surface area contributed by atoms with Gasteiger partial charge in [0.15, 0.2) is 5.11 Å². The van der Waals surface area contributed by atoms with E-state index in [1.165, 1.54) is 5.56 Å². The second-order valence-electron chi connectivity index (χ2n) is 4.76. The molecule has 0 aliphatic carbocycles. The average molecular weight is 315 g/mol. The van der Waals surface area contributed by atoms with E-state index in [9.17, 15) is 0 Å². The lowest BCUT2D eigenvalue weighted by Crippen LogP contribution is -2.34. The third-order valence-corrected chi connectivity index (χ3v) is 3.57. The molecule has 0 saturated carbocycles. The highest BCUT2D eigenvalue weighted by molar-refractivity contribution is 7.80. The molecular formula is C17H21N3OS. The molecule has 0 bridgehead atoms. The molecule has 1 N–H and O–H groups in total. The van der Waals surface area contributed by atoms with Gasteiger partial charge < -0.3 is 15.0 Å². The van der Waals surface area contributed by atoms with Crippen LogP contribution in [0, 0.1) is 0 Å². The highest BCUT2D eigenvalue weighted by atomic mass is 32.1. The second kappa shape index (κ2) is 8.34. The number of anilines is 1. The van der Waals surface area contributed by atoms with Crippen LogP contribution in [0.15, 0.2) is 48.8 Å². The molecule has 0 aliphatic rings. The van der Waals surface area contributed by atoms with E-state index in [0.717, 1.165) is 24.5 Å². The first kappa shape index (κ1) is 16.2. The van der Waals surface area contributed by atoms with E-state index in [0.29, 0.717) is 11.7 Å². The molecule has 0 radical (unpaired) electrons. The molecule has 0 aliphatic heterocycles. The summed E-state index contributed by atoms with van der Waals surface area (Å²) in [6.07, 6.45) is 3.60. The average Bonchev–Trinajstić information content (AvgIpc) is 2.55. The molecule has 1 aromatic carbocycles. The molecule has 4 nitrogen and oxygen atoms in total. The minimum atomic E-state index is 0.667. The van der Waals surface area contributed by atoms with Crippen molar-refractivity contribution in [3.63, 3.8) is 0 Å². The third-order valence-electron chi connectivity index (χ3n) is 3.21. The van der Waals surface area contributed by atoms with Crippen LogP contribution in [0.5, 0.6) is 5.75 Å². The van der Waals surface area contributed by atoms with Crippen molar-refractivity contribution < 1.29 is 4.74 Å². The van der Waals surface area contributed by atoms with Crippen LogP contribution in [0.4, 0.5) is 5.69 Å². The van der Waals surface area contributed by atoms with Gasteiger partial charge in [0.25, 0.3) is 0 Å². The smallest absolute Gasteiger partial charge is 0.173 e. The standard InChI is InChI=1S/C17H21N3OS/c1-3-20(13-14-9-11-18-12-10-14)17(22)19-15-5-7-16(8-6-15)21-4-2/h5-12H,3-4,13H2,1-2H3,(H,19,22). The number of rotatable bonds is 6. The minimum absolute atomic E-state index is 0.667. The summed E-state index contributed by atoms with van der Waals surface area (Å²) in [5.41, 5.74) is 2.15. The maximum Gasteiger partial charge on any atom is 0.173 e. The van der Waals surface area contributed by atoms with Gasteiger partial charge in [-0.2, -0.15) is 0 Å². The van der Waals surface area contributed by atoms with Crippen LogP contribution in [0.25, 0.3) is 0 Å². The number of ether oxygens (including phenoxy) is 1. The van der Waals surface area contributed by atoms with Crippen molar-refractivity contribution in [2.75, 3.05) is 18.5 Å². The first-order chi connectivity index (χ1) is 10.7. The zero-order valence-electron chi connectivity index (χ0n) is 13.0. The maximum absolute atomic E-state index is 5.51. The lowest BCUT2D eigenvalue weighted by atomic mass is 10.2. The molecule has 0 amide bonds. The predicted octanol–water partition coefficient (Wildman–Crippen LogP) is 3.70. The van der Waals surface area contributed by atoms with E-state index >= 15 is 0 Å². The molecular weight excluding hydrogens is 294 g/mol. The van der Waals surface area contributed by atoms with Gasteiger partial charge in [-0.25, -0.2) is 0 Å². The molecule has 2 aromatic rings. The molecule has 0 spiro atoms. The van der Waals surface area contributed by atoms with Gasteiger partial charge in [-0.1, -0.05) is 0 Å². The summed E-state index contributed by atoms with van der Waals surface area (Å²) < 4.78 is 5.44. The van der Waals surface area contributed by atoms with Crippen LogP contribution in [-0.4, -0.2) is 28.1 Å². The van der Waals surface area contributed by atoms with E-state index in [1.807, 2.05) is 43.3 Å². The quantitative estimate of drug-likeness (QED) is 0.823. The van der Waals surface area contributed by atoms with Crippen LogP contribution in [-0.2, 0) is 6.54 Å². The number of nitrogens with zero attached hydrogens (tertiary/aromatic N) is 2. The predicted molar refractivity (Wildman–Crippen MR) is 94.2 cm³/mol. The fraction of sp³-hybridized carbons (Fsp3) is 0.294. The van der Waals surface area contributed by atoms with E-state index in [1.54, 1.807) is 12.4 Å². The van der Waals surface area contributed by atoms with Gasteiger partial charge in [0.1, 0.15) is 5.75 Å². The van der Waals surface area contributed by atoms with E-state index in [4.69, 9.17) is 17.0 Å². The second-order valence-corrected chi connectivity index (χ2v) is 5.14. The summed E-state index contributed by atoms with van der Waals surface area (Å²) in [6, 6.07) is 11.8. The van der Waals surface area contributed by atoms with Crippen LogP contribution >= 0.6 is 12.2 Å². The largest absolute Gasteiger partial charge is 0.494 e. The maximum atomic E-state index is 5.51. The van der Waals surface area contributed by atoms with Crippen molar-refractivity contribution in [1.29, 1.82) is 0 Å². The number of aromatic nitrogens is 1. The lowest BCUT2D eigenvalue weighted by Gasteiger charge is -2.24. The topological polar surface area (TPSA) is 37.4 Å². The van der Waals surface area contributed by atoms with Gasteiger partial charge in [0.05, 0.1) is 6.61 Å². The third kappa shape index (κ3) is 4.70. The Kier molecular flexibility index (Phi) is 6.15. The molecule has 0 fully saturated rings. The fourth-order valence-electron chi connectivity index (χ4n) is 2.04. The van der Waals surface area contributed by atoms with E-state index in [-0.39, 0.29) is 0 Å². The van der Waals surface area contributed by atoms with Crippen molar-refractivity contribution in [3.05, 3.63) is 54.4 Å². The number of nitrogens with one attached hydrogen (secondary N) is 1. The summed E-state index contributed by atoms with van der Waals surface area (Å²) in [7, 11) is 0. The van der Waals surface area contributed by atoms with Gasteiger partial charge in [-0.15, -0.1) is 0 Å². The van der Waals surface area contributed by atoms with Crippen molar-refractivity contribution in [1.82, 2.24) is 9.88 Å². The summed E-state index contributed by atoms with van der Waals surface area (Å²) in [5.74, 6) is 0.864. The Bertz CT molecular complexity index is 587. The lowest BCUT2D eigenvalue weighted by molar-refractivity contribution is 0.340. The molecule has 116 valence electrons. The molecule has 0 saturated heterocycles. The first-order valence-electron chi connectivity index (χ1n) is 7.40. The summed E-state index contributed by atoms with van der Waals surface area (Å²) in [6.45, 7) is 6.33. The van der Waals surface area contributed by atoms with Crippen LogP contribution in [0.2, 0.25) is 0 Å². The van der Waals surface area contributed by atoms with Crippen molar-refractivity contribution in [2.45, 2.75) is 20.4 Å². The number of benzene rings is 1. The Morgan fingerprint density at radius 1 is 1.14 bits per heavy atom. The van der Waals surface area contributed by atoms with Gasteiger partial charge >= 0.3 is 0 Å². The Labute approximate surface area is 137 Å². The summed E-state index contributed by atoms with van der Waals surface area (Å²) >= 11 is 5.51. The van der Waals surface area contributed by atoms with Gasteiger partial charge in [-0.05, 0) is 68.0 Å². The van der Waals surface area contributed by atoms with Gasteiger partial charge in [-0.3, -0.25) is 4.98 Å². The fourth-order valence-corrected chi connectivity index (χ4v) is 2.35. The van der Waals surface area contributed by atoms with Crippen molar-refractivity contribution in [3.8, 4) is 5.75 Å². The molecule has 1 aromatic heterocycles. The van der Waals surface area contributed by atoms with Crippen molar-refractivity contribution >= 4 is 23.0 Å². The molecule has 0 atom stereocenters. The van der Waals surface area contributed by atoms with E-state index < -0.39 is 0 Å². The molecule has 5 heteroatoms. The zero-order valence-corrected chi connectivity index (χ0v) is 13.8. The normalized spacial score (nSPS) is 10.1. The van der Waals surface area contributed by atoms with Gasteiger partial charge in [0, 0.05) is 31.2 Å². The molecule has 1 heterocycles. The SMILES string of the molecule is CCOc1ccc(NC(=S)N(CC)Cc2ccncc2)cc1. The Hall–Kier alpha value is -2.14. The summed E-state index contributed by atoms with van der Waals surface area (Å²) in [4.78, 5) is 6.15. The van der Waals surface area contributed by atoms with Gasteiger partial charge in [0.2, 0.25) is 0 Å². The number of hydrogen-bond acceptors (Lipinski definition) is 3. The number of thiocarbonyl (C=S) groups is 1. The van der Waals surface area contributed by atoms with Crippen LogP contribution in [0.3, 0.4) is 0 Å².